The molecule has 5 nitrogen and oxygen atoms in total. The van der Waals surface area contributed by atoms with E-state index in [1.807, 2.05) is 17.2 Å². The molecule has 0 N–H and O–H groups in total. The first-order valence-corrected chi connectivity index (χ1v) is 7.97. The Morgan fingerprint density at radius 2 is 2.05 bits per heavy atom. The Hall–Kier alpha value is -1.66. The number of carbonyl (C=O) groups is 1. The zero-order valence-corrected chi connectivity index (χ0v) is 13.2. The average molecular weight is 323 g/mol. The van der Waals surface area contributed by atoms with Gasteiger partial charge in [-0.2, -0.15) is 0 Å². The summed E-state index contributed by atoms with van der Waals surface area (Å²) in [4.78, 5) is 25.0. The summed E-state index contributed by atoms with van der Waals surface area (Å²) in [5, 5.41) is 3.44. The van der Waals surface area contributed by atoms with Crippen LogP contribution in [0.15, 0.2) is 23.8 Å². The normalized spacial score (nSPS) is 15.3. The average Bonchev–Trinajstić information content (AvgIpc) is 3.01. The van der Waals surface area contributed by atoms with Crippen molar-refractivity contribution in [3.63, 3.8) is 0 Å². The molecule has 2 aromatic heterocycles. The Balaban J connectivity index is 1.67. The Labute approximate surface area is 132 Å². The van der Waals surface area contributed by atoms with E-state index in [1.54, 1.807) is 29.8 Å². The standard InChI is InChI=1S/C14H15ClN4OS/c1-10-8-12(15)11(9-17-10)13(20)18-3-5-19(6-4-18)14-16-2-7-21-14/h2,7-9H,3-6H2,1H3. The molecular weight excluding hydrogens is 308 g/mol. The fraction of sp³-hybridized carbons (Fsp3) is 0.357. The van der Waals surface area contributed by atoms with Crippen LogP contribution in [0.2, 0.25) is 5.02 Å². The SMILES string of the molecule is Cc1cc(Cl)c(C(=O)N2CCN(c3nccs3)CC2)cn1. The van der Waals surface area contributed by atoms with Crippen LogP contribution in [0, 0.1) is 6.92 Å². The molecule has 0 aliphatic carbocycles. The van der Waals surface area contributed by atoms with E-state index in [2.05, 4.69) is 14.9 Å². The van der Waals surface area contributed by atoms with E-state index < -0.39 is 0 Å². The number of rotatable bonds is 2. The van der Waals surface area contributed by atoms with Crippen LogP contribution in [0.1, 0.15) is 16.1 Å². The molecule has 1 aliphatic rings. The molecular formula is C14H15ClN4OS. The van der Waals surface area contributed by atoms with Crippen molar-refractivity contribution in [3.8, 4) is 0 Å². The minimum atomic E-state index is -0.0497. The predicted molar refractivity (Wildman–Crippen MR) is 84.2 cm³/mol. The maximum Gasteiger partial charge on any atom is 0.257 e. The van der Waals surface area contributed by atoms with Crippen LogP contribution in [-0.2, 0) is 0 Å². The van der Waals surface area contributed by atoms with Crippen LogP contribution in [0.4, 0.5) is 5.13 Å². The fourth-order valence-corrected chi connectivity index (χ4v) is 3.31. The predicted octanol–water partition coefficient (Wildman–Crippen LogP) is 2.46. The number of carbonyl (C=O) groups excluding carboxylic acids is 1. The van der Waals surface area contributed by atoms with Crippen molar-refractivity contribution in [1.82, 2.24) is 14.9 Å². The second kappa shape index (κ2) is 5.99. The first-order valence-electron chi connectivity index (χ1n) is 6.71. The van der Waals surface area contributed by atoms with Crippen LogP contribution in [0.25, 0.3) is 0 Å². The lowest BCUT2D eigenvalue weighted by Crippen LogP contribution is -2.48. The molecule has 1 saturated heterocycles. The summed E-state index contributed by atoms with van der Waals surface area (Å²) in [6.07, 6.45) is 3.36. The van der Waals surface area contributed by atoms with Crippen LogP contribution in [0.5, 0.6) is 0 Å². The summed E-state index contributed by atoms with van der Waals surface area (Å²) in [5.41, 5.74) is 1.29. The number of pyridine rings is 1. The number of halogens is 1. The van der Waals surface area contributed by atoms with Crippen molar-refractivity contribution in [2.24, 2.45) is 0 Å². The zero-order valence-electron chi connectivity index (χ0n) is 11.6. The number of hydrogen-bond acceptors (Lipinski definition) is 5. The highest BCUT2D eigenvalue weighted by atomic mass is 35.5. The largest absolute Gasteiger partial charge is 0.345 e. The van der Waals surface area contributed by atoms with Crippen molar-refractivity contribution in [1.29, 1.82) is 0 Å². The molecule has 0 bridgehead atoms. The number of aryl methyl sites for hydroxylation is 1. The molecule has 0 saturated carbocycles. The third kappa shape index (κ3) is 3.01. The molecule has 0 atom stereocenters. The third-order valence-electron chi connectivity index (χ3n) is 3.48. The molecule has 0 radical (unpaired) electrons. The topological polar surface area (TPSA) is 49.3 Å². The molecule has 3 rings (SSSR count). The molecule has 0 unspecified atom stereocenters. The van der Waals surface area contributed by atoms with Gasteiger partial charge in [0.15, 0.2) is 5.13 Å². The van der Waals surface area contributed by atoms with Crippen LogP contribution in [-0.4, -0.2) is 47.0 Å². The molecule has 2 aromatic rings. The molecule has 0 aromatic carbocycles. The Morgan fingerprint density at radius 1 is 1.29 bits per heavy atom. The van der Waals surface area contributed by atoms with Gasteiger partial charge in [-0.25, -0.2) is 4.98 Å². The van der Waals surface area contributed by atoms with E-state index in [9.17, 15) is 4.79 Å². The van der Waals surface area contributed by atoms with Gasteiger partial charge in [-0.1, -0.05) is 11.6 Å². The number of amides is 1. The van der Waals surface area contributed by atoms with Gasteiger partial charge in [0.05, 0.1) is 10.6 Å². The number of thiazole rings is 1. The lowest BCUT2D eigenvalue weighted by atomic mass is 10.2. The van der Waals surface area contributed by atoms with Gasteiger partial charge in [0.1, 0.15) is 0 Å². The maximum atomic E-state index is 12.5. The van der Waals surface area contributed by atoms with Gasteiger partial charge < -0.3 is 9.80 Å². The quantitative estimate of drug-likeness (QED) is 0.852. The van der Waals surface area contributed by atoms with Gasteiger partial charge >= 0.3 is 0 Å². The minimum absolute atomic E-state index is 0.0497. The maximum absolute atomic E-state index is 12.5. The molecule has 21 heavy (non-hydrogen) atoms. The van der Waals surface area contributed by atoms with E-state index in [4.69, 9.17) is 11.6 Å². The highest BCUT2D eigenvalue weighted by Gasteiger charge is 2.24. The van der Waals surface area contributed by atoms with Gasteiger partial charge in [-0.3, -0.25) is 9.78 Å². The van der Waals surface area contributed by atoms with E-state index in [-0.39, 0.29) is 5.91 Å². The van der Waals surface area contributed by atoms with Crippen molar-refractivity contribution in [3.05, 3.63) is 40.1 Å². The summed E-state index contributed by atoms with van der Waals surface area (Å²) < 4.78 is 0. The van der Waals surface area contributed by atoms with E-state index in [0.29, 0.717) is 23.7 Å². The summed E-state index contributed by atoms with van der Waals surface area (Å²) in [6.45, 7) is 4.77. The first kappa shape index (κ1) is 14.3. The lowest BCUT2D eigenvalue weighted by molar-refractivity contribution is 0.0746. The second-order valence-corrected chi connectivity index (χ2v) is 6.18. The Morgan fingerprint density at radius 3 is 2.67 bits per heavy atom. The Kier molecular flexibility index (Phi) is 4.07. The molecule has 1 amide bonds. The lowest BCUT2D eigenvalue weighted by Gasteiger charge is -2.34. The second-order valence-electron chi connectivity index (χ2n) is 4.90. The number of piperazine rings is 1. The number of aromatic nitrogens is 2. The molecule has 1 aliphatic heterocycles. The first-order chi connectivity index (χ1) is 10.1. The van der Waals surface area contributed by atoms with E-state index in [1.165, 1.54) is 0 Å². The Bertz CT molecular complexity index is 638. The fourth-order valence-electron chi connectivity index (χ4n) is 2.33. The minimum Gasteiger partial charge on any atom is -0.345 e. The van der Waals surface area contributed by atoms with E-state index in [0.717, 1.165) is 23.9 Å². The summed E-state index contributed by atoms with van der Waals surface area (Å²) in [6, 6.07) is 1.72. The third-order valence-corrected chi connectivity index (χ3v) is 4.62. The van der Waals surface area contributed by atoms with Crippen molar-refractivity contribution in [2.45, 2.75) is 6.92 Å². The van der Waals surface area contributed by atoms with Crippen LogP contribution in [0.3, 0.4) is 0 Å². The van der Waals surface area contributed by atoms with Gasteiger partial charge in [-0.15, -0.1) is 11.3 Å². The van der Waals surface area contributed by atoms with Gasteiger partial charge in [-0.05, 0) is 13.0 Å². The molecule has 110 valence electrons. The van der Waals surface area contributed by atoms with Gasteiger partial charge in [0.25, 0.3) is 5.91 Å². The van der Waals surface area contributed by atoms with Crippen LogP contribution < -0.4 is 4.90 Å². The number of anilines is 1. The highest BCUT2D eigenvalue weighted by Crippen LogP contribution is 2.21. The molecule has 7 heteroatoms. The van der Waals surface area contributed by atoms with Crippen molar-refractivity contribution >= 4 is 34.0 Å². The summed E-state index contributed by atoms with van der Waals surface area (Å²) >= 11 is 7.77. The monoisotopic (exact) mass is 322 g/mol. The molecule has 3 heterocycles. The van der Waals surface area contributed by atoms with Crippen LogP contribution >= 0.6 is 22.9 Å². The molecule has 0 spiro atoms. The summed E-state index contributed by atoms with van der Waals surface area (Å²) in [7, 11) is 0. The highest BCUT2D eigenvalue weighted by molar-refractivity contribution is 7.13. The van der Waals surface area contributed by atoms with Gasteiger partial charge in [0, 0.05) is 49.6 Å². The van der Waals surface area contributed by atoms with Crippen molar-refractivity contribution < 1.29 is 4.79 Å². The zero-order chi connectivity index (χ0) is 14.8. The smallest absolute Gasteiger partial charge is 0.257 e. The summed E-state index contributed by atoms with van der Waals surface area (Å²) in [5.74, 6) is -0.0497. The number of nitrogens with zero attached hydrogens (tertiary/aromatic N) is 4. The number of hydrogen-bond donors (Lipinski definition) is 0. The van der Waals surface area contributed by atoms with E-state index >= 15 is 0 Å². The molecule has 1 fully saturated rings. The van der Waals surface area contributed by atoms with Gasteiger partial charge in [0.2, 0.25) is 0 Å². The van der Waals surface area contributed by atoms with Crippen molar-refractivity contribution in [2.75, 3.05) is 31.1 Å².